The van der Waals surface area contributed by atoms with E-state index in [1.54, 1.807) is 0 Å². The van der Waals surface area contributed by atoms with E-state index >= 15 is 0 Å². The molecule has 9 heteroatoms. The first-order valence-corrected chi connectivity index (χ1v) is 8.41. The molecule has 1 unspecified atom stereocenters. The number of aliphatic hydroxyl groups excluding tert-OH is 1. The van der Waals surface area contributed by atoms with Gasteiger partial charge in [-0.2, -0.15) is 0 Å². The smallest absolute Gasteiger partial charge is 0.322 e. The number of carbonyl (C=O) groups is 2. The van der Waals surface area contributed by atoms with Crippen molar-refractivity contribution >= 4 is 18.0 Å². The summed E-state index contributed by atoms with van der Waals surface area (Å²) >= 11 is 0. The van der Waals surface area contributed by atoms with Crippen LogP contribution in [0.15, 0.2) is 11.1 Å². The first-order chi connectivity index (χ1) is 12.8. The number of esters is 1. The molecule has 1 atom stereocenters. The number of hydrogen-bond donors (Lipinski definition) is 1. The first-order valence-electron chi connectivity index (χ1n) is 8.41. The summed E-state index contributed by atoms with van der Waals surface area (Å²) in [5.74, 6) is -12.0. The van der Waals surface area contributed by atoms with Crippen LogP contribution in [0.4, 0.5) is 17.6 Å². The van der Waals surface area contributed by atoms with E-state index in [4.69, 9.17) is 4.74 Å². The van der Waals surface area contributed by atoms with Gasteiger partial charge in [0.1, 0.15) is 0 Å². The summed E-state index contributed by atoms with van der Waals surface area (Å²) in [6, 6.07) is 0.192. The maximum absolute atomic E-state index is 13.9. The molecule has 0 bridgehead atoms. The maximum Gasteiger partial charge on any atom is 0.322 e. The zero-order valence-corrected chi connectivity index (χ0v) is 14.6. The van der Waals surface area contributed by atoms with Crippen molar-refractivity contribution in [2.45, 2.75) is 26.2 Å². The van der Waals surface area contributed by atoms with Crippen LogP contribution in [0.5, 0.6) is 0 Å². The third kappa shape index (κ3) is 4.35. The van der Waals surface area contributed by atoms with Gasteiger partial charge in [0.15, 0.2) is 35.0 Å². The van der Waals surface area contributed by atoms with Crippen molar-refractivity contribution in [3.8, 4) is 0 Å². The molecule has 148 valence electrons. The number of ketones is 1. The van der Waals surface area contributed by atoms with E-state index in [-0.39, 0.29) is 25.8 Å². The summed E-state index contributed by atoms with van der Waals surface area (Å²) in [4.78, 5) is 28.5. The fourth-order valence-electron chi connectivity index (χ4n) is 2.78. The normalized spacial score (nSPS) is 16.8. The van der Waals surface area contributed by atoms with E-state index in [0.717, 1.165) is 25.5 Å². The van der Waals surface area contributed by atoms with Gasteiger partial charge < -0.3 is 9.84 Å². The summed E-state index contributed by atoms with van der Waals surface area (Å²) in [5.41, 5.74) is -1.55. The van der Waals surface area contributed by atoms with E-state index in [2.05, 4.69) is 4.99 Å². The van der Waals surface area contributed by atoms with Crippen LogP contribution >= 0.6 is 0 Å². The lowest BCUT2D eigenvalue weighted by atomic mass is 9.69. The summed E-state index contributed by atoms with van der Waals surface area (Å²) in [6.07, 6.45) is 3.27. The SMILES string of the molecule is CCOC(=O)C(C=NCC1(CO)CCC1)C(=O)c1cc(F)c(F)c(F)c1F. The van der Waals surface area contributed by atoms with Crippen molar-refractivity contribution in [2.24, 2.45) is 16.3 Å². The number of carbonyl (C=O) groups excluding carboxylic acids is 2. The van der Waals surface area contributed by atoms with Gasteiger partial charge in [-0.15, -0.1) is 0 Å². The lowest BCUT2D eigenvalue weighted by molar-refractivity contribution is -0.144. The summed E-state index contributed by atoms with van der Waals surface area (Å²) < 4.78 is 58.5. The number of aliphatic hydroxyl groups is 1. The average Bonchev–Trinajstić information content (AvgIpc) is 2.61. The van der Waals surface area contributed by atoms with Gasteiger partial charge in [0.05, 0.1) is 18.8 Å². The fourth-order valence-corrected chi connectivity index (χ4v) is 2.78. The van der Waals surface area contributed by atoms with Crippen molar-refractivity contribution in [3.05, 3.63) is 34.9 Å². The molecular weight excluding hydrogens is 370 g/mol. The summed E-state index contributed by atoms with van der Waals surface area (Å²) in [6.45, 7) is 1.39. The second-order valence-electron chi connectivity index (χ2n) is 6.44. The van der Waals surface area contributed by atoms with Gasteiger partial charge in [-0.25, -0.2) is 17.6 Å². The molecular formula is C18H19F4NO4. The van der Waals surface area contributed by atoms with E-state index < -0.39 is 51.9 Å². The van der Waals surface area contributed by atoms with Crippen molar-refractivity contribution in [1.82, 2.24) is 0 Å². The third-order valence-electron chi connectivity index (χ3n) is 4.62. The highest BCUT2D eigenvalue weighted by atomic mass is 19.2. The number of benzene rings is 1. The highest BCUT2D eigenvalue weighted by Crippen LogP contribution is 2.40. The van der Waals surface area contributed by atoms with Crippen molar-refractivity contribution in [3.63, 3.8) is 0 Å². The maximum atomic E-state index is 13.9. The molecule has 1 aromatic carbocycles. The molecule has 1 aliphatic carbocycles. The molecule has 1 aliphatic rings. The standard InChI is InChI=1S/C18H19F4NO4/c1-2-27-17(26)11(7-23-8-18(9-24)4-3-5-18)16(25)10-6-12(19)14(21)15(22)13(10)20/h6-7,11,24H,2-5,8-9H2,1H3. The zero-order valence-electron chi connectivity index (χ0n) is 14.6. The molecule has 0 saturated heterocycles. The minimum Gasteiger partial charge on any atom is -0.465 e. The Morgan fingerprint density at radius 1 is 1.26 bits per heavy atom. The van der Waals surface area contributed by atoms with E-state index in [1.807, 2.05) is 0 Å². The lowest BCUT2D eigenvalue weighted by Crippen LogP contribution is -2.36. The predicted octanol–water partition coefficient (Wildman–Crippen LogP) is 2.84. The lowest BCUT2D eigenvalue weighted by Gasteiger charge is -2.38. The topological polar surface area (TPSA) is 76.0 Å². The van der Waals surface area contributed by atoms with E-state index in [9.17, 15) is 32.3 Å². The van der Waals surface area contributed by atoms with Gasteiger partial charge in [-0.05, 0) is 25.8 Å². The van der Waals surface area contributed by atoms with E-state index in [1.165, 1.54) is 6.92 Å². The Hall–Kier alpha value is -2.29. The van der Waals surface area contributed by atoms with Gasteiger partial charge >= 0.3 is 5.97 Å². The zero-order chi connectivity index (χ0) is 20.2. The molecule has 0 heterocycles. The van der Waals surface area contributed by atoms with Gasteiger partial charge in [0.25, 0.3) is 0 Å². The molecule has 1 aromatic rings. The largest absolute Gasteiger partial charge is 0.465 e. The van der Waals surface area contributed by atoms with Gasteiger partial charge in [0.2, 0.25) is 0 Å². The molecule has 1 fully saturated rings. The quantitative estimate of drug-likeness (QED) is 0.141. The Bertz CT molecular complexity index is 757. The first kappa shape index (κ1) is 21.0. The second kappa shape index (κ2) is 8.60. The molecule has 2 rings (SSSR count). The van der Waals surface area contributed by atoms with Crippen LogP contribution in [-0.2, 0) is 9.53 Å². The molecule has 5 nitrogen and oxygen atoms in total. The Morgan fingerprint density at radius 2 is 1.93 bits per heavy atom. The van der Waals surface area contributed by atoms with Crippen molar-refractivity contribution < 1.29 is 37.0 Å². The van der Waals surface area contributed by atoms with E-state index in [0.29, 0.717) is 0 Å². The number of halogens is 4. The van der Waals surface area contributed by atoms with Crippen molar-refractivity contribution in [1.29, 1.82) is 0 Å². The molecule has 27 heavy (non-hydrogen) atoms. The van der Waals surface area contributed by atoms with Crippen LogP contribution in [-0.4, -0.2) is 42.8 Å². The Labute approximate surface area is 153 Å². The molecule has 1 N–H and O–H groups in total. The fraction of sp³-hybridized carbons (Fsp3) is 0.500. The molecule has 0 amide bonds. The predicted molar refractivity (Wildman–Crippen MR) is 87.5 cm³/mol. The number of nitrogens with zero attached hydrogens (tertiary/aromatic N) is 1. The summed E-state index contributed by atoms with van der Waals surface area (Å²) in [5, 5.41) is 9.40. The number of ether oxygens (including phenoxy) is 1. The minimum absolute atomic E-state index is 0.0916. The van der Waals surface area contributed by atoms with Crippen LogP contribution in [0.25, 0.3) is 0 Å². The van der Waals surface area contributed by atoms with Crippen LogP contribution in [0, 0.1) is 34.6 Å². The van der Waals surface area contributed by atoms with Crippen molar-refractivity contribution in [2.75, 3.05) is 19.8 Å². The molecule has 0 spiro atoms. The minimum atomic E-state index is -2.15. The number of rotatable bonds is 8. The van der Waals surface area contributed by atoms with Gasteiger partial charge in [-0.3, -0.25) is 14.6 Å². The highest BCUT2D eigenvalue weighted by Gasteiger charge is 2.37. The number of Topliss-reactive ketones (excluding diaryl/α,β-unsaturated/α-hetero) is 1. The third-order valence-corrected chi connectivity index (χ3v) is 4.62. The monoisotopic (exact) mass is 389 g/mol. The van der Waals surface area contributed by atoms with Gasteiger partial charge in [0, 0.05) is 18.2 Å². The average molecular weight is 389 g/mol. The Kier molecular flexibility index (Phi) is 6.69. The molecule has 0 radical (unpaired) electrons. The Morgan fingerprint density at radius 3 is 2.44 bits per heavy atom. The molecule has 1 saturated carbocycles. The highest BCUT2D eigenvalue weighted by molar-refractivity contribution is 6.18. The van der Waals surface area contributed by atoms with Crippen LogP contribution in [0.2, 0.25) is 0 Å². The van der Waals surface area contributed by atoms with Gasteiger partial charge in [-0.1, -0.05) is 6.42 Å². The van der Waals surface area contributed by atoms with Crippen LogP contribution in [0.3, 0.4) is 0 Å². The van der Waals surface area contributed by atoms with Crippen LogP contribution < -0.4 is 0 Å². The Balaban J connectivity index is 2.31. The van der Waals surface area contributed by atoms with Crippen LogP contribution in [0.1, 0.15) is 36.5 Å². The number of hydrogen-bond acceptors (Lipinski definition) is 5. The second-order valence-corrected chi connectivity index (χ2v) is 6.44. The molecule has 0 aromatic heterocycles. The number of aliphatic imine (C=N–C) groups is 1. The molecule has 0 aliphatic heterocycles. The summed E-state index contributed by atoms with van der Waals surface area (Å²) in [7, 11) is 0.